The summed E-state index contributed by atoms with van der Waals surface area (Å²) >= 11 is 5.89. The van der Waals surface area contributed by atoms with E-state index in [1.54, 1.807) is 19.1 Å². The fourth-order valence-corrected chi connectivity index (χ4v) is 11.2. The number of nitriles is 1. The SMILES string of the molecule is COc1ccc(C(OC[C@H]2O[C@@H](n3ccc(NC(C)=O)nc3=O)C(OC(=S)N3CCS(=O)(=O)CC3)C2OP(OCCC#N)N(C(C)C)C(C)C)(c2ccccc2)c2ccc(OC)cc2)cc1. The highest BCUT2D eigenvalue weighted by atomic mass is 32.2. The highest BCUT2D eigenvalue weighted by Gasteiger charge is 2.53. The first-order chi connectivity index (χ1) is 31.6. The predicted molar refractivity (Wildman–Crippen MR) is 253 cm³/mol. The number of aromatic nitrogens is 2. The number of benzene rings is 3. The quantitative estimate of drug-likeness (QED) is 0.0484. The molecule has 2 saturated heterocycles. The molecule has 3 aromatic carbocycles. The van der Waals surface area contributed by atoms with Crippen molar-refractivity contribution >= 4 is 47.5 Å². The molecule has 3 unspecified atom stereocenters. The average molecular weight is 965 g/mol. The number of thiocarbonyl (C=S) groups is 1. The Morgan fingerprint density at radius 3 is 2.03 bits per heavy atom. The highest BCUT2D eigenvalue weighted by molar-refractivity contribution is 7.91. The van der Waals surface area contributed by atoms with Crippen molar-refractivity contribution in [2.75, 3.05) is 57.3 Å². The van der Waals surface area contributed by atoms with Crippen LogP contribution in [0.25, 0.3) is 0 Å². The van der Waals surface area contributed by atoms with Gasteiger partial charge in [-0.25, -0.2) is 17.9 Å². The van der Waals surface area contributed by atoms with Crippen LogP contribution in [0.2, 0.25) is 0 Å². The molecule has 0 aliphatic carbocycles. The van der Waals surface area contributed by atoms with Crippen LogP contribution in [0.3, 0.4) is 0 Å². The van der Waals surface area contributed by atoms with Crippen molar-refractivity contribution in [2.45, 2.75) is 83.3 Å². The van der Waals surface area contributed by atoms with Gasteiger partial charge < -0.3 is 42.9 Å². The fraction of sp³-hybridized carbons (Fsp3) is 0.457. The number of ether oxygens (including phenoxy) is 5. The maximum atomic E-state index is 14.0. The molecule has 0 spiro atoms. The molecule has 0 radical (unpaired) electrons. The normalized spacial score (nSPS) is 19.9. The molecular weight excluding hydrogens is 908 g/mol. The molecule has 2 fully saturated rings. The third-order valence-electron chi connectivity index (χ3n) is 11.0. The summed E-state index contributed by atoms with van der Waals surface area (Å²) in [6.07, 6.45) is -3.07. The third-order valence-corrected chi connectivity index (χ3v) is 15.1. The lowest BCUT2D eigenvalue weighted by molar-refractivity contribution is -0.114. The molecule has 2 aliphatic rings. The molecule has 66 heavy (non-hydrogen) atoms. The molecule has 1 aromatic heterocycles. The lowest BCUT2D eigenvalue weighted by Gasteiger charge is -2.39. The number of hydrogen-bond donors (Lipinski definition) is 1. The van der Waals surface area contributed by atoms with Gasteiger partial charge in [-0.05, 0) is 86.9 Å². The maximum absolute atomic E-state index is 14.0. The molecule has 1 N–H and O–H groups in total. The van der Waals surface area contributed by atoms with Gasteiger partial charge in [0.2, 0.25) is 5.91 Å². The second kappa shape index (κ2) is 22.6. The number of hydrogen-bond acceptors (Lipinski definition) is 15. The van der Waals surface area contributed by atoms with Gasteiger partial charge in [-0.3, -0.25) is 9.36 Å². The molecule has 2 aliphatic heterocycles. The lowest BCUT2D eigenvalue weighted by Crippen LogP contribution is -2.48. The number of nitrogens with one attached hydrogen (secondary N) is 1. The fourth-order valence-electron chi connectivity index (χ4n) is 7.94. The van der Waals surface area contributed by atoms with Crippen molar-refractivity contribution in [3.8, 4) is 17.6 Å². The van der Waals surface area contributed by atoms with Crippen molar-refractivity contribution in [3.05, 3.63) is 118 Å². The van der Waals surface area contributed by atoms with Gasteiger partial charge in [-0.15, -0.1) is 0 Å². The first-order valence-electron chi connectivity index (χ1n) is 21.5. The minimum atomic E-state index is -3.28. The van der Waals surface area contributed by atoms with E-state index < -0.39 is 60.1 Å². The smallest absolute Gasteiger partial charge is 0.351 e. The van der Waals surface area contributed by atoms with Crippen LogP contribution in [-0.2, 0) is 43.5 Å². The number of nitrogens with zero attached hydrogens (tertiary/aromatic N) is 5. The lowest BCUT2D eigenvalue weighted by atomic mass is 9.80. The van der Waals surface area contributed by atoms with E-state index in [0.717, 1.165) is 16.7 Å². The maximum Gasteiger partial charge on any atom is 0.351 e. The number of sulfone groups is 1. The summed E-state index contributed by atoms with van der Waals surface area (Å²) in [5, 5.41) is 12.1. The van der Waals surface area contributed by atoms with Gasteiger partial charge in [0.25, 0.3) is 13.7 Å². The Morgan fingerprint density at radius 1 is 0.939 bits per heavy atom. The molecule has 354 valence electrons. The van der Waals surface area contributed by atoms with Gasteiger partial charge in [0.15, 0.2) is 22.2 Å². The molecule has 1 amide bonds. The predicted octanol–water partition coefficient (Wildman–Crippen LogP) is 6.19. The summed E-state index contributed by atoms with van der Waals surface area (Å²) in [5.74, 6) is 0.641. The molecule has 0 bridgehead atoms. The van der Waals surface area contributed by atoms with Crippen LogP contribution < -0.4 is 20.5 Å². The Labute approximate surface area is 392 Å². The summed E-state index contributed by atoms with van der Waals surface area (Å²) in [4.78, 5) is 31.7. The van der Waals surface area contributed by atoms with Gasteiger partial charge in [0, 0.05) is 38.3 Å². The zero-order chi connectivity index (χ0) is 47.6. The molecule has 5 atom stereocenters. The monoisotopic (exact) mass is 964 g/mol. The Bertz CT molecular complexity index is 2400. The molecule has 3 heterocycles. The minimum Gasteiger partial charge on any atom is -0.497 e. The topological polar surface area (TPSA) is 193 Å². The molecule has 4 aromatic rings. The number of carbonyl (C=O) groups excluding carboxylic acids is 1. The first kappa shape index (κ1) is 50.4. The molecule has 6 rings (SSSR count). The summed E-state index contributed by atoms with van der Waals surface area (Å²) in [5.41, 5.74) is 0.211. The first-order valence-corrected chi connectivity index (χ1v) is 24.9. The van der Waals surface area contributed by atoms with Crippen LogP contribution in [0.1, 0.15) is 64.0 Å². The van der Waals surface area contributed by atoms with Crippen molar-refractivity contribution in [1.82, 2.24) is 19.1 Å². The molecule has 0 saturated carbocycles. The summed E-state index contributed by atoms with van der Waals surface area (Å²) in [7, 11) is -2.06. The van der Waals surface area contributed by atoms with Gasteiger partial charge in [0.1, 0.15) is 35.1 Å². The van der Waals surface area contributed by atoms with E-state index in [1.807, 2.05) is 107 Å². The van der Waals surface area contributed by atoms with Crippen molar-refractivity contribution in [1.29, 1.82) is 5.26 Å². The number of amides is 1. The van der Waals surface area contributed by atoms with Gasteiger partial charge in [0.05, 0.1) is 51.4 Å². The third kappa shape index (κ3) is 11.9. The van der Waals surface area contributed by atoms with Gasteiger partial charge >= 0.3 is 5.69 Å². The van der Waals surface area contributed by atoms with Crippen molar-refractivity contribution < 1.29 is 45.9 Å². The van der Waals surface area contributed by atoms with E-state index in [1.165, 1.54) is 23.8 Å². The van der Waals surface area contributed by atoms with E-state index in [4.69, 9.17) is 44.9 Å². The van der Waals surface area contributed by atoms with E-state index in [2.05, 4.69) is 21.0 Å². The second-order valence-corrected chi connectivity index (χ2v) is 20.2. The Morgan fingerprint density at radius 2 is 1.52 bits per heavy atom. The second-order valence-electron chi connectivity index (χ2n) is 16.2. The van der Waals surface area contributed by atoms with Crippen LogP contribution in [-0.4, -0.2) is 121 Å². The van der Waals surface area contributed by atoms with Crippen molar-refractivity contribution in [3.63, 3.8) is 0 Å². The Hall–Kier alpha value is -5.03. The average Bonchev–Trinajstić information content (AvgIpc) is 3.62. The van der Waals surface area contributed by atoms with E-state index in [0.29, 0.717) is 11.5 Å². The largest absolute Gasteiger partial charge is 0.497 e. The van der Waals surface area contributed by atoms with E-state index in [-0.39, 0.29) is 67.3 Å². The van der Waals surface area contributed by atoms with Crippen LogP contribution in [0, 0.1) is 11.3 Å². The van der Waals surface area contributed by atoms with Crippen LogP contribution in [0.4, 0.5) is 5.82 Å². The van der Waals surface area contributed by atoms with Crippen molar-refractivity contribution in [2.24, 2.45) is 0 Å². The summed E-state index contributed by atoms with van der Waals surface area (Å²) in [6.45, 7) is 9.39. The number of methoxy groups -OCH3 is 2. The minimum absolute atomic E-state index is 0.0241. The summed E-state index contributed by atoms with van der Waals surface area (Å²) < 4.78 is 73.9. The summed E-state index contributed by atoms with van der Waals surface area (Å²) in [6, 6.07) is 28.3. The Kier molecular flexibility index (Phi) is 17.3. The Balaban J connectivity index is 1.52. The number of carbonyl (C=O) groups is 1. The zero-order valence-corrected chi connectivity index (χ0v) is 40.6. The van der Waals surface area contributed by atoms with E-state index in [9.17, 15) is 23.3 Å². The molecule has 20 heteroatoms. The standard InChI is InChI=1S/C46H57N6O11PS2/c1-31(2)52(32(3)4)64(60-27-11-23-47)63-41-39(30-59-46(34-12-9-8-10-13-34,35-14-18-37(57-6)19-15-35)36-16-20-38(58-7)21-17-36)61-43(51-24-22-40(48-33(5)53)49-44(51)54)42(41)62-45(65)50-25-28-66(55,56)29-26-50/h8-10,12-22,24,31-32,39,41-43H,11,25-30H2,1-7H3,(H,48,49,53,54)/t39-,41?,42?,43-,64?/m1/s1. The number of rotatable bonds is 19. The van der Waals surface area contributed by atoms with E-state index >= 15 is 0 Å². The molecular formula is C46H57N6O11PS2. The van der Waals surface area contributed by atoms with Crippen LogP contribution in [0.15, 0.2) is 95.9 Å². The molecule has 17 nitrogen and oxygen atoms in total. The highest BCUT2D eigenvalue weighted by Crippen LogP contribution is 2.51. The van der Waals surface area contributed by atoms with Crippen LogP contribution in [0.5, 0.6) is 11.5 Å². The van der Waals surface area contributed by atoms with Gasteiger partial charge in [-0.2, -0.15) is 10.2 Å². The zero-order valence-electron chi connectivity index (χ0n) is 38.1. The van der Waals surface area contributed by atoms with Crippen LogP contribution >= 0.6 is 20.7 Å². The van der Waals surface area contributed by atoms with Gasteiger partial charge in [-0.1, -0.05) is 54.6 Å². The number of anilines is 1.